The first-order chi connectivity index (χ1) is 11.6. The Balaban J connectivity index is 1.80. The van der Waals surface area contributed by atoms with Crippen LogP contribution in [-0.4, -0.2) is 23.2 Å². The number of carbonyl (C=O) groups excluding carboxylic acids is 1. The number of aryl methyl sites for hydroxylation is 1. The lowest BCUT2D eigenvalue weighted by Crippen LogP contribution is -2.32. The first kappa shape index (κ1) is 16.6. The quantitative estimate of drug-likeness (QED) is 0.884. The van der Waals surface area contributed by atoms with E-state index < -0.39 is 0 Å². The maximum Gasteiger partial charge on any atom is 0.272 e. The van der Waals surface area contributed by atoms with Crippen molar-refractivity contribution in [3.05, 3.63) is 46.8 Å². The largest absolute Gasteiger partial charge is 0.497 e. The van der Waals surface area contributed by atoms with Crippen molar-refractivity contribution in [1.82, 2.24) is 15.5 Å². The number of fused-ring (bicyclic) bond motifs is 1. The molecule has 0 saturated carbocycles. The summed E-state index contributed by atoms with van der Waals surface area (Å²) in [6.45, 7) is 4.21. The SMILES string of the molecule is COc1ccc(C(NC(=O)c2n[nH]c3c2CCCC3)C(C)C)cc1. The number of hydrogen-bond donors (Lipinski definition) is 2. The van der Waals surface area contributed by atoms with E-state index in [-0.39, 0.29) is 17.9 Å². The van der Waals surface area contributed by atoms with Crippen LogP contribution in [0.1, 0.15) is 60.0 Å². The predicted octanol–water partition coefficient (Wildman–Crippen LogP) is 3.42. The number of H-pyrrole nitrogens is 1. The molecular weight excluding hydrogens is 302 g/mol. The van der Waals surface area contributed by atoms with Crippen LogP contribution < -0.4 is 10.1 Å². The van der Waals surface area contributed by atoms with Gasteiger partial charge in [0.1, 0.15) is 5.75 Å². The van der Waals surface area contributed by atoms with E-state index in [9.17, 15) is 4.79 Å². The zero-order valence-electron chi connectivity index (χ0n) is 14.6. The van der Waals surface area contributed by atoms with Crippen molar-refractivity contribution in [3.63, 3.8) is 0 Å². The lowest BCUT2D eigenvalue weighted by atomic mass is 9.94. The number of nitrogens with zero attached hydrogens (tertiary/aromatic N) is 1. The molecule has 1 heterocycles. The molecule has 0 saturated heterocycles. The number of benzene rings is 1. The van der Waals surface area contributed by atoms with Crippen LogP contribution >= 0.6 is 0 Å². The van der Waals surface area contributed by atoms with E-state index in [0.29, 0.717) is 5.69 Å². The van der Waals surface area contributed by atoms with Gasteiger partial charge in [-0.05, 0) is 49.3 Å². The monoisotopic (exact) mass is 327 g/mol. The highest BCUT2D eigenvalue weighted by atomic mass is 16.5. The van der Waals surface area contributed by atoms with Crippen LogP contribution in [0.3, 0.4) is 0 Å². The van der Waals surface area contributed by atoms with Crippen molar-refractivity contribution in [2.45, 2.75) is 45.6 Å². The third-order valence-electron chi connectivity index (χ3n) is 4.70. The Labute approximate surface area is 142 Å². The number of hydrogen-bond acceptors (Lipinski definition) is 3. The normalized spacial score (nSPS) is 15.0. The van der Waals surface area contributed by atoms with Crippen LogP contribution in [0.2, 0.25) is 0 Å². The van der Waals surface area contributed by atoms with Crippen LogP contribution in [0.25, 0.3) is 0 Å². The second kappa shape index (κ2) is 7.07. The molecule has 0 radical (unpaired) electrons. The number of nitrogens with one attached hydrogen (secondary N) is 2. The zero-order chi connectivity index (χ0) is 17.1. The molecule has 3 rings (SSSR count). The fourth-order valence-electron chi connectivity index (χ4n) is 3.32. The summed E-state index contributed by atoms with van der Waals surface area (Å²) in [4.78, 5) is 12.8. The van der Waals surface area contributed by atoms with Crippen molar-refractivity contribution in [1.29, 1.82) is 0 Å². The first-order valence-electron chi connectivity index (χ1n) is 8.61. The number of rotatable bonds is 5. The molecule has 0 bridgehead atoms. The fourth-order valence-corrected chi connectivity index (χ4v) is 3.32. The topological polar surface area (TPSA) is 67.0 Å². The van der Waals surface area contributed by atoms with Gasteiger partial charge in [0.15, 0.2) is 5.69 Å². The van der Waals surface area contributed by atoms with E-state index in [2.05, 4.69) is 29.4 Å². The molecule has 1 unspecified atom stereocenters. The minimum absolute atomic E-state index is 0.0562. The number of aromatic nitrogens is 2. The Morgan fingerprint density at radius 2 is 1.92 bits per heavy atom. The third kappa shape index (κ3) is 3.30. The van der Waals surface area contributed by atoms with Gasteiger partial charge in [0.05, 0.1) is 13.2 Å². The number of aromatic amines is 1. The third-order valence-corrected chi connectivity index (χ3v) is 4.70. The number of carbonyl (C=O) groups is 1. The van der Waals surface area contributed by atoms with E-state index in [0.717, 1.165) is 48.3 Å². The highest BCUT2D eigenvalue weighted by Crippen LogP contribution is 2.26. The average molecular weight is 327 g/mol. The minimum Gasteiger partial charge on any atom is -0.497 e. The van der Waals surface area contributed by atoms with Crippen molar-refractivity contribution < 1.29 is 9.53 Å². The van der Waals surface area contributed by atoms with Gasteiger partial charge in [-0.1, -0.05) is 26.0 Å². The molecule has 2 N–H and O–H groups in total. The van der Waals surface area contributed by atoms with Crippen LogP contribution in [0.5, 0.6) is 5.75 Å². The molecule has 5 nitrogen and oxygen atoms in total. The number of methoxy groups -OCH3 is 1. The second-order valence-electron chi connectivity index (χ2n) is 6.70. The summed E-state index contributed by atoms with van der Waals surface area (Å²) in [5.74, 6) is 0.995. The van der Waals surface area contributed by atoms with E-state index in [1.165, 1.54) is 0 Å². The van der Waals surface area contributed by atoms with Crippen LogP contribution in [0, 0.1) is 5.92 Å². The van der Waals surface area contributed by atoms with Gasteiger partial charge in [-0.2, -0.15) is 5.10 Å². The summed E-state index contributed by atoms with van der Waals surface area (Å²) >= 11 is 0. The first-order valence-corrected chi connectivity index (χ1v) is 8.61. The fraction of sp³-hybridized carbons (Fsp3) is 0.474. The van der Waals surface area contributed by atoms with Crippen molar-refractivity contribution in [2.24, 2.45) is 5.92 Å². The van der Waals surface area contributed by atoms with Crippen LogP contribution in [0.4, 0.5) is 0 Å². The maximum atomic E-state index is 12.8. The van der Waals surface area contributed by atoms with Gasteiger partial charge in [-0.3, -0.25) is 9.89 Å². The molecule has 0 aliphatic heterocycles. The average Bonchev–Trinajstić information content (AvgIpc) is 3.03. The Morgan fingerprint density at radius 1 is 1.21 bits per heavy atom. The van der Waals surface area contributed by atoms with Gasteiger partial charge >= 0.3 is 0 Å². The van der Waals surface area contributed by atoms with E-state index in [4.69, 9.17) is 4.74 Å². The van der Waals surface area contributed by atoms with Gasteiger partial charge in [0, 0.05) is 11.3 Å². The van der Waals surface area contributed by atoms with Crippen LogP contribution in [-0.2, 0) is 12.8 Å². The molecule has 1 aliphatic rings. The lowest BCUT2D eigenvalue weighted by Gasteiger charge is -2.23. The van der Waals surface area contributed by atoms with Crippen molar-refractivity contribution >= 4 is 5.91 Å². The van der Waals surface area contributed by atoms with Gasteiger partial charge in [0.25, 0.3) is 5.91 Å². The molecule has 128 valence electrons. The summed E-state index contributed by atoms with van der Waals surface area (Å²) in [5.41, 5.74) is 3.85. The maximum absolute atomic E-state index is 12.8. The minimum atomic E-state index is -0.0936. The molecule has 1 aliphatic carbocycles. The Kier molecular flexibility index (Phi) is 4.88. The summed E-state index contributed by atoms with van der Waals surface area (Å²) < 4.78 is 5.21. The van der Waals surface area contributed by atoms with E-state index in [1.807, 2.05) is 24.3 Å². The predicted molar refractivity (Wildman–Crippen MR) is 93.3 cm³/mol. The zero-order valence-corrected chi connectivity index (χ0v) is 14.6. The Bertz CT molecular complexity index is 704. The molecule has 24 heavy (non-hydrogen) atoms. The summed E-state index contributed by atoms with van der Waals surface area (Å²) in [6.07, 6.45) is 4.21. The van der Waals surface area contributed by atoms with Gasteiger partial charge < -0.3 is 10.1 Å². The highest BCUT2D eigenvalue weighted by Gasteiger charge is 2.25. The molecule has 5 heteroatoms. The van der Waals surface area contributed by atoms with Crippen molar-refractivity contribution in [3.8, 4) is 5.75 Å². The molecule has 1 aromatic heterocycles. The molecule has 1 atom stereocenters. The Hall–Kier alpha value is -2.30. The van der Waals surface area contributed by atoms with Gasteiger partial charge in [-0.25, -0.2) is 0 Å². The molecule has 0 fully saturated rings. The molecular formula is C19H25N3O2. The van der Waals surface area contributed by atoms with Crippen LogP contribution in [0.15, 0.2) is 24.3 Å². The highest BCUT2D eigenvalue weighted by molar-refractivity contribution is 5.94. The second-order valence-corrected chi connectivity index (χ2v) is 6.70. The van der Waals surface area contributed by atoms with E-state index in [1.54, 1.807) is 7.11 Å². The molecule has 1 aromatic carbocycles. The lowest BCUT2D eigenvalue weighted by molar-refractivity contribution is 0.0919. The molecule has 2 aromatic rings. The smallest absolute Gasteiger partial charge is 0.272 e. The summed E-state index contributed by atoms with van der Waals surface area (Å²) in [5, 5.41) is 10.5. The van der Waals surface area contributed by atoms with Gasteiger partial charge in [-0.15, -0.1) is 0 Å². The summed E-state index contributed by atoms with van der Waals surface area (Å²) in [6, 6.07) is 7.80. The number of ether oxygens (including phenoxy) is 1. The molecule has 0 spiro atoms. The number of amides is 1. The Morgan fingerprint density at radius 3 is 2.58 bits per heavy atom. The molecule has 1 amide bonds. The standard InChI is InChI=1S/C19H25N3O2/c1-12(2)17(13-8-10-14(24-3)11-9-13)20-19(23)18-15-6-4-5-7-16(15)21-22-18/h8-12,17H,4-7H2,1-3H3,(H,20,23)(H,21,22). The van der Waals surface area contributed by atoms with E-state index >= 15 is 0 Å². The van der Waals surface area contributed by atoms with Crippen molar-refractivity contribution in [2.75, 3.05) is 7.11 Å². The van der Waals surface area contributed by atoms with Gasteiger partial charge in [0.2, 0.25) is 0 Å². The summed E-state index contributed by atoms with van der Waals surface area (Å²) in [7, 11) is 1.65.